The Morgan fingerprint density at radius 1 is 0.875 bits per heavy atom. The summed E-state index contributed by atoms with van der Waals surface area (Å²) in [6.45, 7) is 4.33. The Bertz CT molecular complexity index is 1560. The molecule has 0 unspecified atom stereocenters. The van der Waals surface area contributed by atoms with E-state index in [1.54, 1.807) is 12.1 Å². The SMILES string of the molecule is [2H]C([2H])([2H])c1ccc2c(c1)c1ccc(Oc3cccc(Br)c3)cc1n2-c1cc(C(C)(C)C)ccn1. The maximum Gasteiger partial charge on any atom is 0.137 e. The van der Waals surface area contributed by atoms with Gasteiger partial charge in [0.25, 0.3) is 0 Å². The van der Waals surface area contributed by atoms with Crippen LogP contribution in [0, 0.1) is 6.85 Å². The highest BCUT2D eigenvalue weighted by atomic mass is 79.9. The average molecular weight is 488 g/mol. The molecule has 3 nitrogen and oxygen atoms in total. The normalized spacial score (nSPS) is 13.7. The minimum atomic E-state index is -2.18. The molecular weight excluding hydrogens is 460 g/mol. The van der Waals surface area contributed by atoms with Gasteiger partial charge in [-0.05, 0) is 72.4 Å². The summed E-state index contributed by atoms with van der Waals surface area (Å²) in [4.78, 5) is 4.70. The molecule has 2 heterocycles. The van der Waals surface area contributed by atoms with Crippen molar-refractivity contribution in [1.82, 2.24) is 9.55 Å². The van der Waals surface area contributed by atoms with E-state index in [1.165, 1.54) is 0 Å². The second-order valence-electron chi connectivity index (χ2n) is 8.96. The highest BCUT2D eigenvalue weighted by Crippen LogP contribution is 2.36. The van der Waals surface area contributed by atoms with Crippen molar-refractivity contribution in [1.29, 1.82) is 0 Å². The van der Waals surface area contributed by atoms with E-state index >= 15 is 0 Å². The molecule has 0 bridgehead atoms. The van der Waals surface area contributed by atoms with E-state index in [-0.39, 0.29) is 5.41 Å². The van der Waals surface area contributed by atoms with Crippen molar-refractivity contribution in [2.45, 2.75) is 33.0 Å². The van der Waals surface area contributed by atoms with Gasteiger partial charge in [-0.1, -0.05) is 54.4 Å². The molecule has 0 aliphatic heterocycles. The number of benzene rings is 3. The zero-order valence-electron chi connectivity index (χ0n) is 21.2. The van der Waals surface area contributed by atoms with Crippen molar-refractivity contribution in [2.24, 2.45) is 0 Å². The lowest BCUT2D eigenvalue weighted by molar-refractivity contribution is 0.483. The fourth-order valence-corrected chi connectivity index (χ4v) is 4.36. The lowest BCUT2D eigenvalue weighted by atomic mass is 9.88. The molecule has 0 spiro atoms. The number of nitrogens with zero attached hydrogens (tertiary/aromatic N) is 2. The summed E-state index contributed by atoms with van der Waals surface area (Å²) in [6.07, 6.45) is 1.83. The molecule has 0 aliphatic rings. The number of fused-ring (bicyclic) bond motifs is 3. The zero-order chi connectivity index (χ0) is 25.0. The van der Waals surface area contributed by atoms with E-state index in [9.17, 15) is 0 Å². The molecule has 0 fully saturated rings. The first-order valence-electron chi connectivity index (χ1n) is 12.0. The molecule has 32 heavy (non-hydrogen) atoms. The van der Waals surface area contributed by atoms with Gasteiger partial charge in [0.05, 0.1) is 11.0 Å². The minimum Gasteiger partial charge on any atom is -0.457 e. The second-order valence-corrected chi connectivity index (χ2v) is 9.87. The summed E-state index contributed by atoms with van der Waals surface area (Å²) in [7, 11) is 0. The Hall–Kier alpha value is -3.11. The summed E-state index contributed by atoms with van der Waals surface area (Å²) in [5.41, 5.74) is 3.23. The lowest BCUT2D eigenvalue weighted by Gasteiger charge is -2.20. The van der Waals surface area contributed by atoms with Gasteiger partial charge in [0.15, 0.2) is 0 Å². The topological polar surface area (TPSA) is 27.1 Å². The molecule has 2 aromatic heterocycles. The van der Waals surface area contributed by atoms with Gasteiger partial charge in [-0.2, -0.15) is 0 Å². The van der Waals surface area contributed by atoms with Crippen LogP contribution in [0.2, 0.25) is 0 Å². The Balaban J connectivity index is 1.76. The van der Waals surface area contributed by atoms with Gasteiger partial charge in [0.2, 0.25) is 0 Å². The van der Waals surface area contributed by atoms with Crippen LogP contribution in [0.15, 0.2) is 83.5 Å². The molecule has 0 radical (unpaired) electrons. The van der Waals surface area contributed by atoms with E-state index in [2.05, 4.69) is 47.3 Å². The molecule has 5 aromatic rings. The van der Waals surface area contributed by atoms with Gasteiger partial charge in [-0.15, -0.1) is 0 Å². The van der Waals surface area contributed by atoms with Crippen LogP contribution >= 0.6 is 15.9 Å². The number of hydrogen-bond donors (Lipinski definition) is 0. The third-order valence-electron chi connectivity index (χ3n) is 5.61. The number of aryl methyl sites for hydroxylation is 1. The highest BCUT2D eigenvalue weighted by molar-refractivity contribution is 9.10. The molecule has 3 aromatic carbocycles. The van der Waals surface area contributed by atoms with Crippen LogP contribution in [-0.4, -0.2) is 9.55 Å². The Morgan fingerprint density at radius 3 is 2.50 bits per heavy atom. The third kappa shape index (κ3) is 3.80. The first kappa shape index (κ1) is 17.4. The van der Waals surface area contributed by atoms with Crippen LogP contribution in [0.4, 0.5) is 0 Å². The van der Waals surface area contributed by atoms with Crippen LogP contribution in [0.5, 0.6) is 11.5 Å². The molecule has 0 N–H and O–H groups in total. The van der Waals surface area contributed by atoms with Crippen LogP contribution in [-0.2, 0) is 5.41 Å². The van der Waals surface area contributed by atoms with Crippen molar-refractivity contribution in [2.75, 3.05) is 0 Å². The molecule has 5 rings (SSSR count). The number of hydrogen-bond acceptors (Lipinski definition) is 2. The average Bonchev–Trinajstić information content (AvgIpc) is 3.11. The minimum absolute atomic E-state index is 0.0418. The van der Waals surface area contributed by atoms with Crippen molar-refractivity contribution in [3.8, 4) is 17.3 Å². The maximum absolute atomic E-state index is 7.89. The molecule has 160 valence electrons. The summed E-state index contributed by atoms with van der Waals surface area (Å²) in [5.74, 6) is 2.18. The van der Waals surface area contributed by atoms with Gasteiger partial charge in [0.1, 0.15) is 17.3 Å². The predicted molar refractivity (Wildman–Crippen MR) is 136 cm³/mol. The number of pyridine rings is 1. The van der Waals surface area contributed by atoms with E-state index in [1.807, 2.05) is 60.8 Å². The molecule has 0 saturated heterocycles. The second kappa shape index (κ2) is 7.79. The first-order valence-corrected chi connectivity index (χ1v) is 11.3. The van der Waals surface area contributed by atoms with Gasteiger partial charge in [0, 0.05) is 31.6 Å². The van der Waals surface area contributed by atoms with Gasteiger partial charge >= 0.3 is 0 Å². The summed E-state index contributed by atoms with van der Waals surface area (Å²) < 4.78 is 32.8. The quantitative estimate of drug-likeness (QED) is 0.255. The van der Waals surface area contributed by atoms with Crippen molar-refractivity contribution >= 4 is 37.7 Å². The molecule has 0 aliphatic carbocycles. The van der Waals surface area contributed by atoms with Gasteiger partial charge in [-0.3, -0.25) is 4.57 Å². The van der Waals surface area contributed by atoms with E-state index < -0.39 is 6.85 Å². The van der Waals surface area contributed by atoms with Crippen LogP contribution in [0.3, 0.4) is 0 Å². The van der Waals surface area contributed by atoms with Crippen LogP contribution in [0.25, 0.3) is 27.6 Å². The maximum atomic E-state index is 7.89. The predicted octanol–water partition coefficient (Wildman–Crippen LogP) is 8.34. The van der Waals surface area contributed by atoms with E-state index in [0.717, 1.165) is 43.4 Å². The molecule has 0 saturated carbocycles. The summed E-state index contributed by atoms with van der Waals surface area (Å²) in [6, 6.07) is 23.0. The zero-order valence-corrected chi connectivity index (χ0v) is 19.8. The number of halogens is 1. The number of aromatic nitrogens is 2. The smallest absolute Gasteiger partial charge is 0.137 e. The molecular formula is C28H25BrN2O. The Morgan fingerprint density at radius 2 is 1.72 bits per heavy atom. The number of ether oxygens (including phenoxy) is 1. The summed E-state index contributed by atoms with van der Waals surface area (Å²) >= 11 is 3.49. The van der Waals surface area contributed by atoms with Crippen molar-refractivity contribution < 1.29 is 8.85 Å². The van der Waals surface area contributed by atoms with Crippen molar-refractivity contribution in [3.63, 3.8) is 0 Å². The Kier molecular flexibility index (Phi) is 4.25. The monoisotopic (exact) mass is 487 g/mol. The fraction of sp³-hybridized carbons (Fsp3) is 0.179. The van der Waals surface area contributed by atoms with E-state index in [0.29, 0.717) is 11.3 Å². The standard InChI is InChI=1S/C28H25BrN2O/c1-18-8-11-25-24(14-18)23-10-9-22(32-21-7-5-6-20(29)16-21)17-26(23)31(25)27-15-19(12-13-30-27)28(2,3)4/h5-17H,1-4H3/i1D3. The van der Waals surface area contributed by atoms with Crippen LogP contribution in [0.1, 0.15) is 36.0 Å². The van der Waals surface area contributed by atoms with E-state index in [4.69, 9.17) is 13.8 Å². The fourth-order valence-electron chi connectivity index (χ4n) is 3.98. The third-order valence-corrected chi connectivity index (χ3v) is 6.10. The Labute approximate surface area is 201 Å². The lowest BCUT2D eigenvalue weighted by Crippen LogP contribution is -2.12. The first-order chi connectivity index (χ1) is 16.5. The van der Waals surface area contributed by atoms with Crippen LogP contribution < -0.4 is 4.74 Å². The largest absolute Gasteiger partial charge is 0.457 e. The van der Waals surface area contributed by atoms with Crippen molar-refractivity contribution in [3.05, 3.63) is 94.6 Å². The van der Waals surface area contributed by atoms with Gasteiger partial charge in [-0.25, -0.2) is 4.98 Å². The molecule has 0 atom stereocenters. The number of rotatable bonds is 3. The van der Waals surface area contributed by atoms with Gasteiger partial charge < -0.3 is 4.74 Å². The highest BCUT2D eigenvalue weighted by Gasteiger charge is 2.18. The molecule has 0 amide bonds. The molecule has 4 heteroatoms. The summed E-state index contributed by atoms with van der Waals surface area (Å²) in [5, 5.41) is 1.81.